The zero-order valence-electron chi connectivity index (χ0n) is 14.9. The van der Waals surface area contributed by atoms with Gasteiger partial charge in [-0.1, -0.05) is 19.1 Å². The summed E-state index contributed by atoms with van der Waals surface area (Å²) in [5.41, 5.74) is 1.19. The summed E-state index contributed by atoms with van der Waals surface area (Å²) in [5.74, 6) is -0.463. The topological polar surface area (TPSA) is 76.1 Å². The number of carboxylic acid groups (broad SMARTS) is 1. The van der Waals surface area contributed by atoms with E-state index < -0.39 is 11.9 Å². The van der Waals surface area contributed by atoms with Crippen LogP contribution in [0.25, 0.3) is 0 Å². The van der Waals surface area contributed by atoms with E-state index in [1.165, 1.54) is 5.56 Å². The number of carboxylic acids is 1. The molecule has 1 heterocycles. The highest BCUT2D eigenvalue weighted by Gasteiger charge is 2.36. The molecule has 2 rings (SSSR count). The first-order valence-electron chi connectivity index (χ1n) is 8.72. The normalized spacial score (nSPS) is 19.8. The van der Waals surface area contributed by atoms with E-state index in [0.717, 1.165) is 12.2 Å². The lowest BCUT2D eigenvalue weighted by atomic mass is 9.99. The molecular formula is C19H27NO5. The molecule has 1 aromatic rings. The highest BCUT2D eigenvalue weighted by atomic mass is 16.5. The first kappa shape index (κ1) is 19.2. The Kier molecular flexibility index (Phi) is 7.25. The molecule has 0 aliphatic carbocycles. The van der Waals surface area contributed by atoms with Gasteiger partial charge in [-0.25, -0.2) is 0 Å². The van der Waals surface area contributed by atoms with Crippen molar-refractivity contribution in [2.45, 2.75) is 26.2 Å². The third kappa shape index (κ3) is 5.74. The molecule has 6 nitrogen and oxygen atoms in total. The van der Waals surface area contributed by atoms with Crippen molar-refractivity contribution in [2.24, 2.45) is 11.8 Å². The van der Waals surface area contributed by atoms with E-state index in [1.54, 1.807) is 12.0 Å². The molecule has 1 N–H and O–H groups in total. The Bertz CT molecular complexity index is 572. The van der Waals surface area contributed by atoms with Crippen LogP contribution in [0.15, 0.2) is 24.3 Å². The van der Waals surface area contributed by atoms with E-state index in [4.69, 9.17) is 14.6 Å². The highest BCUT2D eigenvalue weighted by Crippen LogP contribution is 2.24. The van der Waals surface area contributed by atoms with Gasteiger partial charge in [0.25, 0.3) is 0 Å². The molecular weight excluding hydrogens is 322 g/mol. The van der Waals surface area contributed by atoms with Crippen molar-refractivity contribution >= 4 is 11.9 Å². The van der Waals surface area contributed by atoms with Crippen molar-refractivity contribution < 1.29 is 24.2 Å². The SMILES string of the molecule is COCCc1ccc(OCCCC(=O)N2C[C@@H](C)[C@H](C(=O)O)C2)cc1. The Hall–Kier alpha value is -2.08. The van der Waals surface area contributed by atoms with Crippen molar-refractivity contribution in [3.8, 4) is 5.75 Å². The summed E-state index contributed by atoms with van der Waals surface area (Å²) < 4.78 is 10.7. The van der Waals surface area contributed by atoms with Gasteiger partial charge in [-0.3, -0.25) is 9.59 Å². The fraction of sp³-hybridized carbons (Fsp3) is 0.579. The first-order chi connectivity index (χ1) is 12.0. The van der Waals surface area contributed by atoms with E-state index in [9.17, 15) is 9.59 Å². The fourth-order valence-corrected chi connectivity index (χ4v) is 3.04. The largest absolute Gasteiger partial charge is 0.494 e. The smallest absolute Gasteiger partial charge is 0.308 e. The lowest BCUT2D eigenvalue weighted by Crippen LogP contribution is -2.30. The Morgan fingerprint density at radius 1 is 1.20 bits per heavy atom. The molecule has 0 spiro atoms. The summed E-state index contributed by atoms with van der Waals surface area (Å²) in [6.45, 7) is 3.89. The molecule has 1 fully saturated rings. The van der Waals surface area contributed by atoms with Crippen LogP contribution in [0.4, 0.5) is 0 Å². The molecule has 138 valence electrons. The van der Waals surface area contributed by atoms with Crippen LogP contribution in [-0.4, -0.2) is 55.3 Å². The molecule has 1 aliphatic heterocycles. The number of methoxy groups -OCH3 is 1. The molecule has 1 aliphatic rings. The van der Waals surface area contributed by atoms with Gasteiger partial charge >= 0.3 is 5.97 Å². The van der Waals surface area contributed by atoms with Crippen LogP contribution in [0, 0.1) is 11.8 Å². The number of carbonyl (C=O) groups is 2. The van der Waals surface area contributed by atoms with Crippen LogP contribution in [0.1, 0.15) is 25.3 Å². The Morgan fingerprint density at radius 2 is 1.92 bits per heavy atom. The lowest BCUT2D eigenvalue weighted by molar-refractivity contribution is -0.142. The van der Waals surface area contributed by atoms with Gasteiger partial charge in [0, 0.05) is 26.6 Å². The molecule has 0 unspecified atom stereocenters. The predicted molar refractivity (Wildman–Crippen MR) is 93.6 cm³/mol. The van der Waals surface area contributed by atoms with Gasteiger partial charge in [0.1, 0.15) is 5.75 Å². The number of aliphatic carboxylic acids is 1. The summed E-state index contributed by atoms with van der Waals surface area (Å²) in [6.07, 6.45) is 1.87. The van der Waals surface area contributed by atoms with Crippen molar-refractivity contribution in [3.63, 3.8) is 0 Å². The standard InChI is InChI=1S/C19H27NO5/c1-14-12-20(13-17(14)19(22)23)18(21)4-3-10-25-16-7-5-15(6-8-16)9-11-24-2/h5-8,14,17H,3-4,9-13H2,1-2H3,(H,22,23)/t14-,17-/m1/s1. The van der Waals surface area contributed by atoms with Gasteiger partial charge in [-0.15, -0.1) is 0 Å². The number of likely N-dealkylation sites (tertiary alicyclic amines) is 1. The van der Waals surface area contributed by atoms with Crippen molar-refractivity contribution in [1.29, 1.82) is 0 Å². The molecule has 0 radical (unpaired) electrons. The maximum absolute atomic E-state index is 12.2. The zero-order valence-corrected chi connectivity index (χ0v) is 14.9. The third-order valence-corrected chi connectivity index (χ3v) is 4.60. The number of amides is 1. The number of carbonyl (C=O) groups excluding carboxylic acids is 1. The van der Waals surface area contributed by atoms with Crippen LogP contribution in [0.5, 0.6) is 5.75 Å². The van der Waals surface area contributed by atoms with Gasteiger partial charge in [0.15, 0.2) is 0 Å². The average Bonchev–Trinajstić information content (AvgIpc) is 3.00. The van der Waals surface area contributed by atoms with Crippen molar-refractivity contribution in [1.82, 2.24) is 4.90 Å². The van der Waals surface area contributed by atoms with Crippen LogP contribution >= 0.6 is 0 Å². The van der Waals surface area contributed by atoms with Crippen LogP contribution in [0.2, 0.25) is 0 Å². The second kappa shape index (κ2) is 9.42. The number of nitrogens with zero attached hydrogens (tertiary/aromatic N) is 1. The van der Waals surface area contributed by atoms with Gasteiger partial charge in [-0.2, -0.15) is 0 Å². The van der Waals surface area contributed by atoms with E-state index >= 15 is 0 Å². The van der Waals surface area contributed by atoms with Crippen molar-refractivity contribution in [2.75, 3.05) is 33.4 Å². The summed E-state index contributed by atoms with van der Waals surface area (Å²) in [4.78, 5) is 25.0. The van der Waals surface area contributed by atoms with Gasteiger partial charge < -0.3 is 19.5 Å². The predicted octanol–water partition coefficient (Wildman–Crippen LogP) is 2.21. The van der Waals surface area contributed by atoms with Gasteiger partial charge in [0.05, 0.1) is 19.1 Å². The van der Waals surface area contributed by atoms with E-state index in [0.29, 0.717) is 39.1 Å². The highest BCUT2D eigenvalue weighted by molar-refractivity contribution is 5.78. The second-order valence-electron chi connectivity index (χ2n) is 6.56. The maximum atomic E-state index is 12.2. The molecule has 6 heteroatoms. The summed E-state index contributed by atoms with van der Waals surface area (Å²) >= 11 is 0. The summed E-state index contributed by atoms with van der Waals surface area (Å²) in [7, 11) is 1.68. The second-order valence-corrected chi connectivity index (χ2v) is 6.56. The maximum Gasteiger partial charge on any atom is 0.308 e. The van der Waals surface area contributed by atoms with Crippen LogP contribution in [0.3, 0.4) is 0 Å². The number of hydrogen-bond acceptors (Lipinski definition) is 4. The fourth-order valence-electron chi connectivity index (χ4n) is 3.04. The number of benzene rings is 1. The zero-order chi connectivity index (χ0) is 18.2. The Labute approximate surface area is 148 Å². The number of ether oxygens (including phenoxy) is 2. The van der Waals surface area contributed by atoms with E-state index in [-0.39, 0.29) is 11.8 Å². The molecule has 1 amide bonds. The average molecular weight is 349 g/mol. The Morgan fingerprint density at radius 3 is 2.52 bits per heavy atom. The minimum Gasteiger partial charge on any atom is -0.494 e. The molecule has 2 atom stereocenters. The van der Waals surface area contributed by atoms with Gasteiger partial charge in [0.2, 0.25) is 5.91 Å². The number of rotatable bonds is 9. The van der Waals surface area contributed by atoms with Crippen LogP contribution < -0.4 is 4.74 Å². The minimum atomic E-state index is -0.819. The van der Waals surface area contributed by atoms with E-state index in [2.05, 4.69) is 0 Å². The molecule has 25 heavy (non-hydrogen) atoms. The number of hydrogen-bond donors (Lipinski definition) is 1. The summed E-state index contributed by atoms with van der Waals surface area (Å²) in [5, 5.41) is 9.13. The first-order valence-corrected chi connectivity index (χ1v) is 8.72. The minimum absolute atomic E-state index is 0.00844. The Balaban J connectivity index is 1.67. The molecule has 0 saturated carbocycles. The molecule has 0 bridgehead atoms. The quantitative estimate of drug-likeness (QED) is 0.692. The van der Waals surface area contributed by atoms with Crippen molar-refractivity contribution in [3.05, 3.63) is 29.8 Å². The van der Waals surface area contributed by atoms with E-state index in [1.807, 2.05) is 31.2 Å². The van der Waals surface area contributed by atoms with Gasteiger partial charge in [-0.05, 0) is 36.5 Å². The molecule has 1 aromatic carbocycles. The molecule has 1 saturated heterocycles. The molecule has 0 aromatic heterocycles. The monoisotopic (exact) mass is 349 g/mol. The summed E-state index contributed by atoms with van der Waals surface area (Å²) in [6, 6.07) is 7.87. The third-order valence-electron chi connectivity index (χ3n) is 4.60. The van der Waals surface area contributed by atoms with Crippen LogP contribution in [-0.2, 0) is 20.7 Å². The lowest BCUT2D eigenvalue weighted by Gasteiger charge is -2.16.